The zero-order chi connectivity index (χ0) is 14.9. The molecule has 2 atom stereocenters. The molecular weight excluding hydrogens is 270 g/mol. The molecule has 0 spiro atoms. The summed E-state index contributed by atoms with van der Waals surface area (Å²) >= 11 is 0. The smallest absolute Gasteiger partial charge is 0.327 e. The lowest BCUT2D eigenvalue weighted by molar-refractivity contribution is -0.142. The van der Waals surface area contributed by atoms with Crippen LogP contribution in [0.15, 0.2) is 0 Å². The average Bonchev–Trinajstić information content (AvgIpc) is 2.90. The molecule has 0 aromatic carbocycles. The highest BCUT2D eigenvalue weighted by Gasteiger charge is 2.38. The number of hydrogen-bond donors (Lipinski definition) is 2. The lowest BCUT2D eigenvalue weighted by atomic mass is 10.0. The molecule has 0 saturated carbocycles. The van der Waals surface area contributed by atoms with Crippen LogP contribution in [0.2, 0.25) is 0 Å². The molecule has 4 amide bonds. The third kappa shape index (κ3) is 2.72. The molecule has 0 radical (unpaired) electrons. The minimum Gasteiger partial charge on any atom is -0.481 e. The van der Waals surface area contributed by atoms with Crippen LogP contribution in [0.5, 0.6) is 0 Å². The molecule has 2 aliphatic heterocycles. The van der Waals surface area contributed by atoms with Crippen molar-refractivity contribution in [3.63, 3.8) is 0 Å². The molecule has 0 aromatic heterocycles. The van der Waals surface area contributed by atoms with Crippen LogP contribution in [0, 0.1) is 5.92 Å². The Morgan fingerprint density at radius 2 is 2.10 bits per heavy atom. The van der Waals surface area contributed by atoms with E-state index in [1.165, 1.54) is 11.9 Å². The van der Waals surface area contributed by atoms with E-state index in [0.717, 1.165) is 4.90 Å². The molecule has 110 valence electrons. The van der Waals surface area contributed by atoms with E-state index in [1.54, 1.807) is 0 Å². The maximum atomic E-state index is 11.8. The van der Waals surface area contributed by atoms with Gasteiger partial charge >= 0.3 is 12.0 Å². The van der Waals surface area contributed by atoms with Crippen molar-refractivity contribution in [3.8, 4) is 0 Å². The first-order valence-corrected chi connectivity index (χ1v) is 6.05. The van der Waals surface area contributed by atoms with Crippen LogP contribution in [-0.2, 0) is 19.1 Å². The highest BCUT2D eigenvalue weighted by Crippen LogP contribution is 2.14. The second kappa shape index (κ2) is 5.45. The van der Waals surface area contributed by atoms with Crippen molar-refractivity contribution in [1.29, 1.82) is 0 Å². The lowest BCUT2D eigenvalue weighted by Crippen LogP contribution is -2.48. The minimum atomic E-state index is -1.05. The normalized spacial score (nSPS) is 26.2. The standard InChI is InChI=1S/C11H15N3O6/c1-13-3-9(16)14(11(13)19)2-8(15)12-7-5-20-4-6(7)10(17)18/h6-7H,2-5H2,1H3,(H,12,15)(H,17,18). The molecule has 0 bridgehead atoms. The zero-order valence-corrected chi connectivity index (χ0v) is 10.9. The highest BCUT2D eigenvalue weighted by atomic mass is 16.5. The van der Waals surface area contributed by atoms with Crippen LogP contribution in [0.3, 0.4) is 0 Å². The summed E-state index contributed by atoms with van der Waals surface area (Å²) in [6, 6.07) is -1.19. The van der Waals surface area contributed by atoms with Gasteiger partial charge in [-0.2, -0.15) is 0 Å². The SMILES string of the molecule is CN1CC(=O)N(CC(=O)NC2COCC2C(=O)O)C1=O. The maximum Gasteiger partial charge on any atom is 0.327 e. The van der Waals surface area contributed by atoms with E-state index in [-0.39, 0.29) is 19.8 Å². The number of ether oxygens (including phenoxy) is 1. The molecule has 2 unspecified atom stereocenters. The molecule has 2 rings (SSSR count). The first-order chi connectivity index (χ1) is 9.40. The third-order valence-corrected chi connectivity index (χ3v) is 3.28. The molecule has 9 nitrogen and oxygen atoms in total. The van der Waals surface area contributed by atoms with Gasteiger partial charge in [0.2, 0.25) is 5.91 Å². The predicted octanol–water partition coefficient (Wildman–Crippen LogP) is -1.90. The van der Waals surface area contributed by atoms with Gasteiger partial charge in [0, 0.05) is 7.05 Å². The fourth-order valence-corrected chi connectivity index (χ4v) is 2.16. The summed E-state index contributed by atoms with van der Waals surface area (Å²) in [5.74, 6) is -2.90. The molecule has 2 N–H and O–H groups in total. The Balaban J connectivity index is 1.91. The number of likely N-dealkylation sites (N-methyl/N-ethyl adjacent to an activating group) is 1. The van der Waals surface area contributed by atoms with Crippen molar-refractivity contribution in [1.82, 2.24) is 15.1 Å². The average molecular weight is 285 g/mol. The molecule has 0 aliphatic carbocycles. The first-order valence-electron chi connectivity index (χ1n) is 6.05. The molecule has 2 heterocycles. The fraction of sp³-hybridized carbons (Fsp3) is 0.636. The van der Waals surface area contributed by atoms with Crippen molar-refractivity contribution in [2.45, 2.75) is 6.04 Å². The van der Waals surface area contributed by atoms with E-state index in [4.69, 9.17) is 9.84 Å². The van der Waals surface area contributed by atoms with Gasteiger partial charge in [-0.05, 0) is 0 Å². The van der Waals surface area contributed by atoms with Crippen LogP contribution < -0.4 is 5.32 Å². The van der Waals surface area contributed by atoms with Gasteiger partial charge in [-0.15, -0.1) is 0 Å². The Bertz CT molecular complexity index is 465. The number of carboxylic acid groups (broad SMARTS) is 1. The quantitative estimate of drug-likeness (QED) is 0.583. The van der Waals surface area contributed by atoms with Gasteiger partial charge in [0.25, 0.3) is 5.91 Å². The number of imide groups is 1. The summed E-state index contributed by atoms with van der Waals surface area (Å²) in [6.07, 6.45) is 0. The van der Waals surface area contributed by atoms with Crippen LogP contribution in [0.1, 0.15) is 0 Å². The van der Waals surface area contributed by atoms with E-state index in [9.17, 15) is 19.2 Å². The van der Waals surface area contributed by atoms with Gasteiger partial charge in [-0.3, -0.25) is 19.3 Å². The Morgan fingerprint density at radius 3 is 2.65 bits per heavy atom. The monoisotopic (exact) mass is 285 g/mol. The number of carboxylic acids is 1. The highest BCUT2D eigenvalue weighted by molar-refractivity contribution is 6.04. The maximum absolute atomic E-state index is 11.8. The topological polar surface area (TPSA) is 116 Å². The van der Waals surface area contributed by atoms with Gasteiger partial charge in [0.05, 0.1) is 19.3 Å². The van der Waals surface area contributed by atoms with Crippen molar-refractivity contribution in [2.75, 3.05) is 33.4 Å². The summed E-state index contributed by atoms with van der Waals surface area (Å²) in [6.45, 7) is -0.337. The molecule has 0 aromatic rings. The molecule has 2 saturated heterocycles. The summed E-state index contributed by atoms with van der Waals surface area (Å²) < 4.78 is 5.01. The number of rotatable bonds is 4. The number of nitrogens with zero attached hydrogens (tertiary/aromatic N) is 2. The van der Waals surface area contributed by atoms with Crippen molar-refractivity contribution >= 4 is 23.8 Å². The van der Waals surface area contributed by atoms with Crippen LogP contribution in [0.4, 0.5) is 4.79 Å². The number of amides is 4. The number of carbonyl (C=O) groups is 4. The summed E-state index contributed by atoms with van der Waals surface area (Å²) in [7, 11) is 1.46. The zero-order valence-electron chi connectivity index (χ0n) is 10.9. The number of carbonyl (C=O) groups excluding carboxylic acids is 3. The summed E-state index contributed by atoms with van der Waals surface area (Å²) in [4.78, 5) is 47.9. The third-order valence-electron chi connectivity index (χ3n) is 3.28. The largest absolute Gasteiger partial charge is 0.481 e. The molecular formula is C11H15N3O6. The molecule has 2 aliphatic rings. The van der Waals surface area contributed by atoms with Crippen molar-refractivity contribution in [3.05, 3.63) is 0 Å². The van der Waals surface area contributed by atoms with E-state index in [0.29, 0.717) is 0 Å². The lowest BCUT2D eigenvalue weighted by Gasteiger charge is -2.18. The predicted molar refractivity (Wildman–Crippen MR) is 63.6 cm³/mol. The van der Waals surface area contributed by atoms with Crippen molar-refractivity contribution < 1.29 is 29.0 Å². The van der Waals surface area contributed by atoms with Crippen molar-refractivity contribution in [2.24, 2.45) is 5.92 Å². The summed E-state index contributed by atoms with van der Waals surface area (Å²) in [5, 5.41) is 11.4. The molecule has 2 fully saturated rings. The number of aliphatic carboxylic acids is 1. The molecule has 20 heavy (non-hydrogen) atoms. The van der Waals surface area contributed by atoms with Gasteiger partial charge in [0.1, 0.15) is 19.0 Å². The first kappa shape index (κ1) is 14.3. The fourth-order valence-electron chi connectivity index (χ4n) is 2.16. The van der Waals surface area contributed by atoms with E-state index >= 15 is 0 Å². The van der Waals surface area contributed by atoms with Gasteiger partial charge in [0.15, 0.2) is 0 Å². The van der Waals surface area contributed by atoms with E-state index in [2.05, 4.69) is 5.32 Å². The van der Waals surface area contributed by atoms with Gasteiger partial charge < -0.3 is 20.1 Å². The van der Waals surface area contributed by atoms with E-state index < -0.39 is 42.3 Å². The summed E-state index contributed by atoms with van der Waals surface area (Å²) in [5.41, 5.74) is 0. The second-order valence-electron chi connectivity index (χ2n) is 4.77. The van der Waals surface area contributed by atoms with Gasteiger partial charge in [-0.25, -0.2) is 4.79 Å². The Kier molecular flexibility index (Phi) is 3.89. The molecule has 9 heteroatoms. The number of hydrogen-bond acceptors (Lipinski definition) is 5. The number of urea groups is 1. The number of nitrogens with one attached hydrogen (secondary N) is 1. The second-order valence-corrected chi connectivity index (χ2v) is 4.77. The Hall–Kier alpha value is -2.16. The minimum absolute atomic E-state index is 0.0323. The Morgan fingerprint density at radius 1 is 1.40 bits per heavy atom. The van der Waals surface area contributed by atoms with E-state index in [1.807, 2.05) is 0 Å². The van der Waals surface area contributed by atoms with Crippen LogP contribution in [0.25, 0.3) is 0 Å². The van der Waals surface area contributed by atoms with Crippen LogP contribution in [-0.4, -0.2) is 78.1 Å². The van der Waals surface area contributed by atoms with Crippen LogP contribution >= 0.6 is 0 Å². The Labute approximate surface area is 114 Å². The van der Waals surface area contributed by atoms with Gasteiger partial charge in [-0.1, -0.05) is 0 Å².